The third-order valence-corrected chi connectivity index (χ3v) is 5.05. The van der Waals surface area contributed by atoms with Crippen molar-refractivity contribution in [2.75, 3.05) is 19.8 Å². The molecule has 1 N–H and O–H groups in total. The Morgan fingerprint density at radius 1 is 1.12 bits per heavy atom. The Kier molecular flexibility index (Phi) is 6.16. The lowest BCUT2D eigenvalue weighted by atomic mass is 9.90. The van der Waals surface area contributed by atoms with Gasteiger partial charge < -0.3 is 15.0 Å². The summed E-state index contributed by atoms with van der Waals surface area (Å²) >= 11 is 0. The molecule has 0 aromatic heterocycles. The van der Waals surface area contributed by atoms with E-state index in [9.17, 15) is 4.79 Å². The molecule has 2 amide bonds. The molecule has 1 aliphatic heterocycles. The van der Waals surface area contributed by atoms with Gasteiger partial charge in [-0.25, -0.2) is 4.79 Å². The van der Waals surface area contributed by atoms with Crippen LogP contribution in [0.1, 0.15) is 29.5 Å². The van der Waals surface area contributed by atoms with Gasteiger partial charge in [-0.2, -0.15) is 0 Å². The second-order valence-electron chi connectivity index (χ2n) is 7.16. The molecule has 0 saturated carbocycles. The lowest BCUT2D eigenvalue weighted by Gasteiger charge is -2.32. The van der Waals surface area contributed by atoms with Crippen LogP contribution in [0, 0.1) is 19.8 Å². The van der Waals surface area contributed by atoms with Gasteiger partial charge in [-0.3, -0.25) is 0 Å². The van der Waals surface area contributed by atoms with Crippen molar-refractivity contribution in [2.24, 2.45) is 5.92 Å². The van der Waals surface area contributed by atoms with E-state index in [1.807, 2.05) is 24.0 Å². The number of hydrogen-bond acceptors (Lipinski definition) is 2. The van der Waals surface area contributed by atoms with Crippen molar-refractivity contribution in [2.45, 2.75) is 33.1 Å². The fraction of sp³-hybridized carbons (Fsp3) is 0.409. The molecule has 0 radical (unpaired) electrons. The van der Waals surface area contributed by atoms with Gasteiger partial charge in [0.05, 0.1) is 0 Å². The maximum absolute atomic E-state index is 12.3. The second-order valence-corrected chi connectivity index (χ2v) is 7.16. The maximum atomic E-state index is 12.3. The van der Waals surface area contributed by atoms with Gasteiger partial charge in [0.1, 0.15) is 5.75 Å². The fourth-order valence-electron chi connectivity index (χ4n) is 3.54. The number of nitrogens with one attached hydrogen (secondary N) is 1. The van der Waals surface area contributed by atoms with Gasteiger partial charge in [0.15, 0.2) is 6.73 Å². The molecule has 0 aliphatic carbocycles. The first kappa shape index (κ1) is 18.3. The van der Waals surface area contributed by atoms with Crippen molar-refractivity contribution < 1.29 is 9.53 Å². The number of nitrogens with zero attached hydrogens (tertiary/aromatic N) is 1. The summed E-state index contributed by atoms with van der Waals surface area (Å²) in [5, 5.41) is 2.87. The molecule has 4 heteroatoms. The Morgan fingerprint density at radius 3 is 2.54 bits per heavy atom. The fourth-order valence-corrected chi connectivity index (χ4v) is 3.54. The first-order valence-corrected chi connectivity index (χ1v) is 9.38. The number of rotatable bonds is 5. The van der Waals surface area contributed by atoms with Crippen LogP contribution in [0.25, 0.3) is 0 Å². The summed E-state index contributed by atoms with van der Waals surface area (Å²) in [4.78, 5) is 14.2. The SMILES string of the molecule is Cc1ccc(OCNC(=O)N2CCC(Cc3ccccc3)CC2)c(C)c1. The smallest absolute Gasteiger partial charge is 0.320 e. The number of hydrogen-bond donors (Lipinski definition) is 1. The summed E-state index contributed by atoms with van der Waals surface area (Å²) in [7, 11) is 0. The predicted molar refractivity (Wildman–Crippen MR) is 104 cm³/mol. The highest BCUT2D eigenvalue weighted by molar-refractivity contribution is 5.74. The van der Waals surface area contributed by atoms with Gasteiger partial charge in [0, 0.05) is 13.1 Å². The van der Waals surface area contributed by atoms with Crippen LogP contribution < -0.4 is 10.1 Å². The molecule has 1 fully saturated rings. The number of carbonyl (C=O) groups is 1. The largest absolute Gasteiger partial charge is 0.473 e. The van der Waals surface area contributed by atoms with Crippen molar-refractivity contribution >= 4 is 6.03 Å². The number of likely N-dealkylation sites (tertiary alicyclic amines) is 1. The maximum Gasteiger partial charge on any atom is 0.320 e. The summed E-state index contributed by atoms with van der Waals surface area (Å²) < 4.78 is 5.69. The Labute approximate surface area is 156 Å². The molecule has 0 spiro atoms. The van der Waals surface area contributed by atoms with Crippen molar-refractivity contribution in [3.05, 3.63) is 65.2 Å². The van der Waals surface area contributed by atoms with E-state index in [4.69, 9.17) is 4.74 Å². The zero-order valence-electron chi connectivity index (χ0n) is 15.7. The summed E-state index contributed by atoms with van der Waals surface area (Å²) in [6, 6.07) is 16.6. The van der Waals surface area contributed by atoms with Crippen molar-refractivity contribution in [3.8, 4) is 5.75 Å². The molecule has 26 heavy (non-hydrogen) atoms. The van der Waals surface area contributed by atoms with E-state index in [-0.39, 0.29) is 12.8 Å². The second kappa shape index (κ2) is 8.75. The van der Waals surface area contributed by atoms with E-state index >= 15 is 0 Å². The average Bonchev–Trinajstić information content (AvgIpc) is 2.65. The minimum Gasteiger partial charge on any atom is -0.473 e. The Balaban J connectivity index is 1.39. The zero-order chi connectivity index (χ0) is 18.4. The number of aryl methyl sites for hydroxylation is 2. The number of benzene rings is 2. The van der Waals surface area contributed by atoms with Crippen LogP contribution in [0.3, 0.4) is 0 Å². The minimum absolute atomic E-state index is 0.0343. The van der Waals surface area contributed by atoms with E-state index in [1.165, 1.54) is 11.1 Å². The van der Waals surface area contributed by atoms with Gasteiger partial charge in [0.25, 0.3) is 0 Å². The van der Waals surface area contributed by atoms with Gasteiger partial charge in [-0.15, -0.1) is 0 Å². The van der Waals surface area contributed by atoms with Gasteiger partial charge in [0.2, 0.25) is 0 Å². The third-order valence-electron chi connectivity index (χ3n) is 5.05. The van der Waals surface area contributed by atoms with Crippen molar-refractivity contribution in [1.29, 1.82) is 0 Å². The predicted octanol–water partition coefficient (Wildman–Crippen LogP) is 4.30. The molecular formula is C22H28N2O2. The average molecular weight is 352 g/mol. The highest BCUT2D eigenvalue weighted by Crippen LogP contribution is 2.22. The van der Waals surface area contributed by atoms with Crippen LogP contribution >= 0.6 is 0 Å². The van der Waals surface area contributed by atoms with Crippen LogP contribution in [0.5, 0.6) is 5.75 Å². The molecule has 138 valence electrons. The van der Waals surface area contributed by atoms with Crippen molar-refractivity contribution in [3.63, 3.8) is 0 Å². The van der Waals surface area contributed by atoms with Gasteiger partial charge in [-0.1, -0.05) is 48.0 Å². The molecule has 2 aromatic carbocycles. The van der Waals surface area contributed by atoms with Crippen LogP contribution in [0.15, 0.2) is 48.5 Å². The lowest BCUT2D eigenvalue weighted by molar-refractivity contribution is 0.160. The minimum atomic E-state index is -0.0343. The molecule has 1 heterocycles. The normalized spacial score (nSPS) is 14.9. The highest BCUT2D eigenvalue weighted by atomic mass is 16.5. The quantitative estimate of drug-likeness (QED) is 0.815. The molecule has 0 atom stereocenters. The number of urea groups is 1. The Bertz CT molecular complexity index is 722. The molecule has 1 saturated heterocycles. The van der Waals surface area contributed by atoms with Crippen LogP contribution in [-0.2, 0) is 6.42 Å². The van der Waals surface area contributed by atoms with Gasteiger partial charge in [-0.05, 0) is 56.2 Å². The van der Waals surface area contributed by atoms with Crippen LogP contribution in [0.4, 0.5) is 4.79 Å². The zero-order valence-corrected chi connectivity index (χ0v) is 15.7. The monoisotopic (exact) mass is 352 g/mol. The van der Waals surface area contributed by atoms with E-state index < -0.39 is 0 Å². The lowest BCUT2D eigenvalue weighted by Crippen LogP contribution is -2.45. The third kappa shape index (κ3) is 5.01. The van der Waals surface area contributed by atoms with Crippen LogP contribution in [-0.4, -0.2) is 30.8 Å². The highest BCUT2D eigenvalue weighted by Gasteiger charge is 2.22. The summed E-state index contributed by atoms with van der Waals surface area (Å²) in [6.07, 6.45) is 3.21. The first-order chi connectivity index (χ1) is 12.6. The molecule has 0 bridgehead atoms. The summed E-state index contributed by atoms with van der Waals surface area (Å²) in [5.41, 5.74) is 3.68. The van der Waals surface area contributed by atoms with Gasteiger partial charge >= 0.3 is 6.03 Å². The molecule has 0 unspecified atom stereocenters. The number of ether oxygens (including phenoxy) is 1. The molecule has 4 nitrogen and oxygen atoms in total. The summed E-state index contributed by atoms with van der Waals surface area (Å²) in [6.45, 7) is 5.90. The standard InChI is InChI=1S/C22H28N2O2/c1-17-8-9-21(18(2)14-17)26-16-23-22(25)24-12-10-20(11-13-24)15-19-6-4-3-5-7-19/h3-9,14,20H,10-13,15-16H2,1-2H3,(H,23,25). The van der Waals surface area contributed by atoms with E-state index in [1.54, 1.807) is 0 Å². The van der Waals surface area contributed by atoms with Crippen LogP contribution in [0.2, 0.25) is 0 Å². The molecule has 2 aromatic rings. The van der Waals surface area contributed by atoms with Crippen molar-refractivity contribution in [1.82, 2.24) is 10.2 Å². The number of piperidine rings is 1. The molecule has 1 aliphatic rings. The topological polar surface area (TPSA) is 41.6 Å². The van der Waals surface area contributed by atoms with E-state index in [2.05, 4.69) is 48.6 Å². The Hall–Kier alpha value is -2.49. The Morgan fingerprint density at radius 2 is 1.85 bits per heavy atom. The van der Waals surface area contributed by atoms with E-state index in [0.717, 1.165) is 43.7 Å². The molecular weight excluding hydrogens is 324 g/mol. The van der Waals surface area contributed by atoms with E-state index in [0.29, 0.717) is 5.92 Å². The number of carbonyl (C=O) groups excluding carboxylic acids is 1. The first-order valence-electron chi connectivity index (χ1n) is 9.38. The summed E-state index contributed by atoms with van der Waals surface area (Å²) in [5.74, 6) is 1.48. The number of amides is 2. The molecule has 3 rings (SSSR count).